The van der Waals surface area contributed by atoms with Crippen LogP contribution in [0.3, 0.4) is 0 Å². The second kappa shape index (κ2) is 7.38. The topological polar surface area (TPSA) is 50.6 Å². The molecule has 0 bridgehead atoms. The third-order valence-corrected chi connectivity index (χ3v) is 5.09. The quantitative estimate of drug-likeness (QED) is 0.684. The molecule has 0 saturated carbocycles. The van der Waals surface area contributed by atoms with Crippen molar-refractivity contribution in [2.45, 2.75) is 20.0 Å². The summed E-state index contributed by atoms with van der Waals surface area (Å²) in [6.07, 6.45) is 0. The molecule has 6 nitrogen and oxygen atoms in total. The van der Waals surface area contributed by atoms with Crippen molar-refractivity contribution < 1.29 is 9.53 Å². The Balaban J connectivity index is 1.51. The van der Waals surface area contributed by atoms with Crippen LogP contribution >= 0.6 is 0 Å². The largest absolute Gasteiger partial charge is 0.497 e. The number of nitrogens with zero attached hydrogens (tertiary/aromatic N) is 4. The fourth-order valence-corrected chi connectivity index (χ4v) is 3.47. The molecule has 0 atom stereocenters. The van der Waals surface area contributed by atoms with Crippen molar-refractivity contribution in [2.75, 3.05) is 30.5 Å². The normalized spacial score (nSPS) is 13.4. The van der Waals surface area contributed by atoms with Gasteiger partial charge in [-0.1, -0.05) is 17.7 Å². The van der Waals surface area contributed by atoms with Crippen LogP contribution < -0.4 is 14.5 Å². The lowest BCUT2D eigenvalue weighted by molar-refractivity contribution is 0.0962. The van der Waals surface area contributed by atoms with Gasteiger partial charge in [0.1, 0.15) is 11.4 Å². The summed E-state index contributed by atoms with van der Waals surface area (Å²) in [7, 11) is 3.67. The number of hydrogen-bond donors (Lipinski definition) is 0. The Bertz CT molecular complexity index is 977. The monoisotopic (exact) mass is 376 g/mol. The van der Waals surface area contributed by atoms with Gasteiger partial charge in [0.25, 0.3) is 5.91 Å². The van der Waals surface area contributed by atoms with E-state index < -0.39 is 0 Å². The third-order valence-electron chi connectivity index (χ3n) is 5.09. The zero-order chi connectivity index (χ0) is 19.7. The van der Waals surface area contributed by atoms with Gasteiger partial charge in [-0.25, -0.2) is 0 Å². The highest BCUT2D eigenvalue weighted by Gasteiger charge is 2.27. The maximum Gasteiger partial charge on any atom is 0.276 e. The molecule has 6 heteroatoms. The number of methoxy groups -OCH3 is 1. The molecule has 1 aliphatic heterocycles. The highest BCUT2D eigenvalue weighted by molar-refractivity contribution is 6.05. The molecule has 0 N–H and O–H groups in total. The van der Waals surface area contributed by atoms with Crippen LogP contribution in [0.2, 0.25) is 0 Å². The summed E-state index contributed by atoms with van der Waals surface area (Å²) in [6, 6.07) is 17.9. The van der Waals surface area contributed by atoms with Gasteiger partial charge in [-0.3, -0.25) is 9.48 Å². The highest BCUT2D eigenvalue weighted by Crippen LogP contribution is 2.24. The van der Waals surface area contributed by atoms with Crippen molar-refractivity contribution in [3.05, 3.63) is 71.5 Å². The molecule has 3 aromatic rings. The average molecular weight is 376 g/mol. The Morgan fingerprint density at radius 2 is 1.79 bits per heavy atom. The lowest BCUT2D eigenvalue weighted by Crippen LogP contribution is -2.40. The molecule has 4 rings (SSSR count). The average Bonchev–Trinajstić information content (AvgIpc) is 3.13. The maximum atomic E-state index is 13.0. The van der Waals surface area contributed by atoms with Gasteiger partial charge in [-0.15, -0.1) is 0 Å². The first-order valence-electron chi connectivity index (χ1n) is 9.35. The first kappa shape index (κ1) is 18.1. The molecule has 1 aromatic heterocycles. The molecule has 0 fully saturated rings. The molecule has 144 valence electrons. The lowest BCUT2D eigenvalue weighted by Gasteiger charge is -2.27. The molecule has 0 spiro atoms. The Kier molecular flexibility index (Phi) is 4.77. The van der Waals surface area contributed by atoms with Gasteiger partial charge in [0.05, 0.1) is 25.9 Å². The molecule has 1 aliphatic rings. The Morgan fingerprint density at radius 1 is 1.07 bits per heavy atom. The molecule has 0 unspecified atom stereocenters. The van der Waals surface area contributed by atoms with Crippen LogP contribution in [-0.4, -0.2) is 36.4 Å². The third kappa shape index (κ3) is 3.45. The fourth-order valence-electron chi connectivity index (χ4n) is 3.47. The van der Waals surface area contributed by atoms with E-state index >= 15 is 0 Å². The van der Waals surface area contributed by atoms with Crippen LogP contribution in [0.1, 0.15) is 21.7 Å². The molecular weight excluding hydrogens is 352 g/mol. The Morgan fingerprint density at radius 3 is 2.46 bits per heavy atom. The van der Waals surface area contributed by atoms with Gasteiger partial charge in [0.2, 0.25) is 0 Å². The number of hydrogen-bond acceptors (Lipinski definition) is 4. The molecule has 28 heavy (non-hydrogen) atoms. The Hall–Kier alpha value is -3.28. The number of aromatic nitrogens is 2. The zero-order valence-corrected chi connectivity index (χ0v) is 16.4. The summed E-state index contributed by atoms with van der Waals surface area (Å²) in [5.74, 6) is 0.831. The van der Waals surface area contributed by atoms with Gasteiger partial charge in [0.15, 0.2) is 0 Å². The van der Waals surface area contributed by atoms with E-state index in [2.05, 4.69) is 10.00 Å². The van der Waals surface area contributed by atoms with E-state index in [0.717, 1.165) is 22.8 Å². The number of benzene rings is 2. The predicted octanol–water partition coefficient (Wildman–Crippen LogP) is 3.50. The number of rotatable bonds is 5. The predicted molar refractivity (Wildman–Crippen MR) is 110 cm³/mol. The summed E-state index contributed by atoms with van der Waals surface area (Å²) < 4.78 is 7.03. The smallest absolute Gasteiger partial charge is 0.276 e. The molecule has 0 aliphatic carbocycles. The van der Waals surface area contributed by atoms with E-state index in [9.17, 15) is 4.79 Å². The van der Waals surface area contributed by atoms with Gasteiger partial charge >= 0.3 is 0 Å². The van der Waals surface area contributed by atoms with E-state index in [1.165, 1.54) is 5.56 Å². The minimum atomic E-state index is 0.000883. The van der Waals surface area contributed by atoms with E-state index in [4.69, 9.17) is 4.74 Å². The number of aryl methyl sites for hydroxylation is 1. The minimum Gasteiger partial charge on any atom is -0.497 e. The minimum absolute atomic E-state index is 0.000883. The second-order valence-corrected chi connectivity index (χ2v) is 7.09. The SMILES string of the molecule is COc1ccc(N(C)Cc2cc3n(n2)CCN(c2ccc(C)cc2)C3=O)cc1. The summed E-state index contributed by atoms with van der Waals surface area (Å²) in [4.78, 5) is 16.9. The lowest BCUT2D eigenvalue weighted by atomic mass is 10.2. The van der Waals surface area contributed by atoms with E-state index in [1.807, 2.05) is 78.2 Å². The number of fused-ring (bicyclic) bond motifs is 1. The second-order valence-electron chi connectivity index (χ2n) is 7.09. The number of amides is 1. The fraction of sp³-hybridized carbons (Fsp3) is 0.273. The van der Waals surface area contributed by atoms with Crippen molar-refractivity contribution in [1.29, 1.82) is 0 Å². The summed E-state index contributed by atoms with van der Waals surface area (Å²) in [5.41, 5.74) is 4.71. The molecule has 2 heterocycles. The maximum absolute atomic E-state index is 13.0. The Labute approximate surface area is 164 Å². The van der Waals surface area contributed by atoms with Crippen LogP contribution in [0.4, 0.5) is 11.4 Å². The van der Waals surface area contributed by atoms with E-state index in [-0.39, 0.29) is 5.91 Å². The molecule has 0 saturated heterocycles. The van der Waals surface area contributed by atoms with Crippen molar-refractivity contribution >= 4 is 17.3 Å². The zero-order valence-electron chi connectivity index (χ0n) is 16.4. The van der Waals surface area contributed by atoms with Crippen LogP contribution in [0.25, 0.3) is 0 Å². The number of carbonyl (C=O) groups is 1. The number of anilines is 2. The summed E-state index contributed by atoms with van der Waals surface area (Å²) in [6.45, 7) is 4.00. The summed E-state index contributed by atoms with van der Waals surface area (Å²) >= 11 is 0. The van der Waals surface area contributed by atoms with Crippen LogP contribution in [-0.2, 0) is 13.1 Å². The molecular formula is C22H24N4O2. The van der Waals surface area contributed by atoms with E-state index in [1.54, 1.807) is 7.11 Å². The highest BCUT2D eigenvalue weighted by atomic mass is 16.5. The molecule has 0 radical (unpaired) electrons. The first-order chi connectivity index (χ1) is 13.5. The van der Waals surface area contributed by atoms with Crippen molar-refractivity contribution in [2.24, 2.45) is 0 Å². The summed E-state index contributed by atoms with van der Waals surface area (Å²) in [5, 5.41) is 4.65. The van der Waals surface area contributed by atoms with Crippen molar-refractivity contribution in [3.8, 4) is 5.75 Å². The first-order valence-corrected chi connectivity index (χ1v) is 9.35. The van der Waals surface area contributed by atoms with Crippen LogP contribution in [0, 0.1) is 6.92 Å². The van der Waals surface area contributed by atoms with Crippen LogP contribution in [0.5, 0.6) is 5.75 Å². The van der Waals surface area contributed by atoms with Crippen molar-refractivity contribution in [3.63, 3.8) is 0 Å². The van der Waals surface area contributed by atoms with Gasteiger partial charge in [0, 0.05) is 25.0 Å². The van der Waals surface area contributed by atoms with E-state index in [0.29, 0.717) is 25.3 Å². The molecule has 1 amide bonds. The van der Waals surface area contributed by atoms with Gasteiger partial charge in [-0.05, 0) is 49.4 Å². The standard InChI is InChI=1S/C22H24N4O2/c1-16-4-6-19(7-5-16)25-12-13-26-21(22(25)27)14-17(23-26)15-24(2)18-8-10-20(28-3)11-9-18/h4-11,14H,12-13,15H2,1-3H3. The number of carbonyl (C=O) groups excluding carboxylic acids is 1. The van der Waals surface area contributed by atoms with Crippen LogP contribution in [0.15, 0.2) is 54.6 Å². The number of ether oxygens (including phenoxy) is 1. The molecule has 2 aromatic carbocycles. The van der Waals surface area contributed by atoms with Gasteiger partial charge < -0.3 is 14.5 Å². The van der Waals surface area contributed by atoms with Gasteiger partial charge in [-0.2, -0.15) is 5.10 Å². The van der Waals surface area contributed by atoms with Crippen molar-refractivity contribution in [1.82, 2.24) is 9.78 Å².